The lowest BCUT2D eigenvalue weighted by Gasteiger charge is -2.18. The summed E-state index contributed by atoms with van der Waals surface area (Å²) in [6, 6.07) is 5.72. The Morgan fingerprint density at radius 1 is 1.35 bits per heavy atom. The van der Waals surface area contributed by atoms with Crippen molar-refractivity contribution in [1.82, 2.24) is 9.38 Å². The molecule has 3 aromatic rings. The van der Waals surface area contributed by atoms with Crippen molar-refractivity contribution >= 4 is 22.3 Å². The van der Waals surface area contributed by atoms with Crippen molar-refractivity contribution in [2.24, 2.45) is 0 Å². The molecule has 118 valence electrons. The van der Waals surface area contributed by atoms with Gasteiger partial charge in [0, 0.05) is 17.5 Å². The minimum atomic E-state index is -0.904. The molecule has 0 radical (unpaired) electrons. The smallest absolute Gasteiger partial charge is 0.347 e. The molecular weight excluding hydrogens is 316 g/mol. The predicted octanol–water partition coefficient (Wildman–Crippen LogP) is 3.09. The lowest BCUT2D eigenvalue weighted by molar-refractivity contribution is 0.0700. The molecule has 0 amide bonds. The molecule has 1 aliphatic heterocycles. The van der Waals surface area contributed by atoms with Crippen LogP contribution in [0.2, 0.25) is 0 Å². The van der Waals surface area contributed by atoms with Crippen LogP contribution in [0.4, 0.5) is 0 Å². The fourth-order valence-corrected chi connectivity index (χ4v) is 3.76. The van der Waals surface area contributed by atoms with Crippen LogP contribution in [0.5, 0.6) is 11.5 Å². The highest BCUT2D eigenvalue weighted by atomic mass is 32.1. The van der Waals surface area contributed by atoms with E-state index in [1.54, 1.807) is 0 Å². The van der Waals surface area contributed by atoms with Gasteiger partial charge in [-0.15, -0.1) is 0 Å². The van der Waals surface area contributed by atoms with Gasteiger partial charge in [0.05, 0.1) is 5.69 Å². The summed E-state index contributed by atoms with van der Waals surface area (Å²) in [5.41, 5.74) is 2.48. The third-order valence-electron chi connectivity index (χ3n) is 3.79. The molecule has 0 saturated heterocycles. The van der Waals surface area contributed by atoms with E-state index in [9.17, 15) is 9.90 Å². The van der Waals surface area contributed by atoms with Gasteiger partial charge in [-0.3, -0.25) is 4.40 Å². The van der Waals surface area contributed by atoms with Crippen LogP contribution < -0.4 is 9.47 Å². The fourth-order valence-electron chi connectivity index (χ4n) is 2.73. The number of aryl methyl sites for hydroxylation is 1. The molecule has 1 aliphatic rings. The summed E-state index contributed by atoms with van der Waals surface area (Å²) in [5, 5.41) is 9.27. The van der Waals surface area contributed by atoms with Crippen LogP contribution in [-0.2, 0) is 6.42 Å². The number of rotatable bonds is 3. The molecule has 0 spiro atoms. The average molecular weight is 330 g/mol. The zero-order valence-electron chi connectivity index (χ0n) is 12.4. The van der Waals surface area contributed by atoms with Gasteiger partial charge in [0.15, 0.2) is 16.5 Å². The molecule has 1 N–H and O–H groups in total. The highest BCUT2D eigenvalue weighted by Crippen LogP contribution is 2.35. The lowest BCUT2D eigenvalue weighted by atomic mass is 10.1. The molecule has 0 bridgehead atoms. The van der Waals surface area contributed by atoms with E-state index < -0.39 is 5.97 Å². The summed E-state index contributed by atoms with van der Waals surface area (Å²) in [5.74, 6) is 0.550. The van der Waals surface area contributed by atoms with Crippen LogP contribution in [0.3, 0.4) is 0 Å². The molecule has 4 rings (SSSR count). The number of hydrogen-bond acceptors (Lipinski definition) is 5. The zero-order chi connectivity index (χ0) is 16.0. The third-order valence-corrected chi connectivity index (χ3v) is 4.87. The van der Waals surface area contributed by atoms with Crippen LogP contribution in [0.25, 0.3) is 16.2 Å². The molecule has 0 atom stereocenters. The van der Waals surface area contributed by atoms with E-state index in [4.69, 9.17) is 9.47 Å². The third kappa shape index (κ3) is 2.24. The first-order chi connectivity index (χ1) is 11.2. The molecule has 3 heterocycles. The topological polar surface area (TPSA) is 73.1 Å². The SMILES string of the molecule is CCc1c(C(=O)O)sc2nc(-c3ccc4c(c3)OCCO4)cn12. The largest absolute Gasteiger partial charge is 0.486 e. The Morgan fingerprint density at radius 2 is 2.13 bits per heavy atom. The highest BCUT2D eigenvalue weighted by molar-refractivity contribution is 7.19. The number of imidazole rings is 1. The first-order valence-electron chi connectivity index (χ1n) is 7.31. The van der Waals surface area contributed by atoms with Crippen molar-refractivity contribution in [3.05, 3.63) is 35.0 Å². The van der Waals surface area contributed by atoms with Gasteiger partial charge in [-0.2, -0.15) is 0 Å². The summed E-state index contributed by atoms with van der Waals surface area (Å²) in [4.78, 5) is 16.9. The van der Waals surface area contributed by atoms with Crippen molar-refractivity contribution in [1.29, 1.82) is 0 Å². The van der Waals surface area contributed by atoms with Crippen LogP contribution in [0, 0.1) is 0 Å². The maximum atomic E-state index is 11.3. The van der Waals surface area contributed by atoms with Crippen LogP contribution in [0.15, 0.2) is 24.4 Å². The lowest BCUT2D eigenvalue weighted by Crippen LogP contribution is -2.15. The first-order valence-corrected chi connectivity index (χ1v) is 8.13. The first kappa shape index (κ1) is 14.1. The van der Waals surface area contributed by atoms with Gasteiger partial charge in [0.25, 0.3) is 0 Å². The Kier molecular flexibility index (Phi) is 3.23. The number of hydrogen-bond donors (Lipinski definition) is 1. The predicted molar refractivity (Wildman–Crippen MR) is 85.8 cm³/mol. The van der Waals surface area contributed by atoms with Crippen LogP contribution in [-0.4, -0.2) is 33.7 Å². The van der Waals surface area contributed by atoms with E-state index in [1.807, 2.05) is 35.7 Å². The Labute approximate surface area is 135 Å². The quantitative estimate of drug-likeness (QED) is 0.799. The van der Waals surface area contributed by atoms with E-state index in [-0.39, 0.29) is 0 Å². The van der Waals surface area contributed by atoms with Crippen LogP contribution >= 0.6 is 11.3 Å². The molecule has 0 unspecified atom stereocenters. The van der Waals surface area contributed by atoms with Crippen molar-refractivity contribution in [3.8, 4) is 22.8 Å². The maximum absolute atomic E-state index is 11.3. The number of thiazole rings is 1. The zero-order valence-corrected chi connectivity index (χ0v) is 13.2. The van der Waals surface area contributed by atoms with Crippen molar-refractivity contribution in [2.75, 3.05) is 13.2 Å². The number of fused-ring (bicyclic) bond motifs is 2. The molecular formula is C16H14N2O4S. The van der Waals surface area contributed by atoms with Crippen LogP contribution in [0.1, 0.15) is 22.3 Å². The van der Waals surface area contributed by atoms with Crippen molar-refractivity contribution < 1.29 is 19.4 Å². The van der Waals surface area contributed by atoms with E-state index >= 15 is 0 Å². The monoisotopic (exact) mass is 330 g/mol. The van der Waals surface area contributed by atoms with Gasteiger partial charge < -0.3 is 14.6 Å². The number of ether oxygens (including phenoxy) is 2. The Hall–Kier alpha value is -2.54. The molecule has 7 heteroatoms. The molecule has 0 fully saturated rings. The Morgan fingerprint density at radius 3 is 2.87 bits per heavy atom. The average Bonchev–Trinajstić information content (AvgIpc) is 3.11. The normalized spacial score (nSPS) is 13.4. The summed E-state index contributed by atoms with van der Waals surface area (Å²) < 4.78 is 13.0. The molecule has 0 aliphatic carbocycles. The second kappa shape index (κ2) is 5.27. The minimum Gasteiger partial charge on any atom is -0.486 e. The van der Waals surface area contributed by atoms with Gasteiger partial charge in [0.2, 0.25) is 0 Å². The van der Waals surface area contributed by atoms with Crippen molar-refractivity contribution in [2.45, 2.75) is 13.3 Å². The number of aromatic nitrogens is 2. The number of carboxylic acid groups (broad SMARTS) is 1. The standard InChI is InChI=1S/C16H14N2O4S/c1-2-11-14(15(19)20)23-16-17-10(8-18(11)16)9-3-4-12-13(7-9)22-6-5-21-12/h3-4,7-8H,2,5-6H2,1H3,(H,19,20). The van der Waals surface area contributed by atoms with Gasteiger partial charge in [-0.25, -0.2) is 9.78 Å². The second-order valence-corrected chi connectivity index (χ2v) is 6.15. The Bertz CT molecular complexity index is 912. The maximum Gasteiger partial charge on any atom is 0.347 e. The van der Waals surface area contributed by atoms with Crippen molar-refractivity contribution in [3.63, 3.8) is 0 Å². The summed E-state index contributed by atoms with van der Waals surface area (Å²) in [6.07, 6.45) is 2.51. The number of carboxylic acids is 1. The summed E-state index contributed by atoms with van der Waals surface area (Å²) in [7, 11) is 0. The van der Waals surface area contributed by atoms with E-state index in [1.165, 1.54) is 11.3 Å². The van der Waals surface area contributed by atoms with E-state index in [2.05, 4.69) is 4.98 Å². The highest BCUT2D eigenvalue weighted by Gasteiger charge is 2.20. The van der Waals surface area contributed by atoms with E-state index in [0.717, 1.165) is 22.7 Å². The fraction of sp³-hybridized carbons (Fsp3) is 0.250. The summed E-state index contributed by atoms with van der Waals surface area (Å²) >= 11 is 1.20. The molecule has 2 aromatic heterocycles. The van der Waals surface area contributed by atoms with Gasteiger partial charge in [-0.1, -0.05) is 18.3 Å². The summed E-state index contributed by atoms with van der Waals surface area (Å²) in [6.45, 7) is 3.04. The molecule has 1 aromatic carbocycles. The number of benzene rings is 1. The molecule has 23 heavy (non-hydrogen) atoms. The molecule has 6 nitrogen and oxygen atoms in total. The molecule has 0 saturated carbocycles. The number of nitrogens with zero attached hydrogens (tertiary/aromatic N) is 2. The van der Waals surface area contributed by atoms with E-state index in [0.29, 0.717) is 35.2 Å². The Balaban J connectivity index is 1.80. The number of aromatic carboxylic acids is 1. The van der Waals surface area contributed by atoms with Gasteiger partial charge >= 0.3 is 5.97 Å². The number of carbonyl (C=O) groups is 1. The van der Waals surface area contributed by atoms with Gasteiger partial charge in [-0.05, 0) is 24.6 Å². The van der Waals surface area contributed by atoms with Gasteiger partial charge in [0.1, 0.15) is 18.1 Å². The minimum absolute atomic E-state index is 0.351. The second-order valence-electron chi connectivity index (χ2n) is 5.17.